The molecule has 0 unspecified atom stereocenters. The average Bonchev–Trinajstić information content (AvgIpc) is 3.20. The summed E-state index contributed by atoms with van der Waals surface area (Å²) in [4.78, 5) is 14.0. The van der Waals surface area contributed by atoms with E-state index in [1.165, 1.54) is 27.3 Å². The fourth-order valence-electron chi connectivity index (χ4n) is 3.20. The lowest BCUT2D eigenvalue weighted by Crippen LogP contribution is -2.03. The van der Waals surface area contributed by atoms with Crippen LogP contribution in [0.25, 0.3) is 6.08 Å². The second kappa shape index (κ2) is 12.3. The normalized spacial score (nSPS) is 11.2. The Morgan fingerprint density at radius 2 is 1.75 bits per heavy atom. The monoisotopic (exact) mass is 449 g/mol. The zero-order chi connectivity index (χ0) is 23.7. The van der Waals surface area contributed by atoms with Crippen LogP contribution in [0.2, 0.25) is 0 Å². The van der Waals surface area contributed by atoms with Gasteiger partial charge >= 0.3 is 5.97 Å². The van der Waals surface area contributed by atoms with Gasteiger partial charge in [-0.05, 0) is 74.1 Å². The van der Waals surface area contributed by atoms with Crippen LogP contribution >= 0.6 is 11.3 Å². The third-order valence-electron chi connectivity index (χ3n) is 5.30. The smallest absolute Gasteiger partial charge is 0.331 e. The van der Waals surface area contributed by atoms with E-state index in [1.807, 2.05) is 36.5 Å². The predicted molar refractivity (Wildman–Crippen MR) is 139 cm³/mol. The van der Waals surface area contributed by atoms with Gasteiger partial charge in [-0.25, -0.2) is 4.79 Å². The van der Waals surface area contributed by atoms with Crippen LogP contribution in [0.3, 0.4) is 0 Å². The minimum atomic E-state index is -0.895. The van der Waals surface area contributed by atoms with Gasteiger partial charge in [0.15, 0.2) is 0 Å². The van der Waals surface area contributed by atoms with E-state index in [2.05, 4.69) is 69.4 Å². The van der Waals surface area contributed by atoms with Crippen molar-refractivity contribution in [3.05, 3.63) is 92.2 Å². The van der Waals surface area contributed by atoms with Crippen molar-refractivity contribution in [1.82, 2.24) is 0 Å². The Labute approximate surface area is 196 Å². The van der Waals surface area contributed by atoms with Crippen molar-refractivity contribution in [2.24, 2.45) is 0 Å². The lowest BCUT2D eigenvalue weighted by molar-refractivity contribution is -0.132. The van der Waals surface area contributed by atoms with Crippen LogP contribution in [-0.2, 0) is 17.8 Å². The second-order valence-electron chi connectivity index (χ2n) is 8.28. The lowest BCUT2D eigenvalue weighted by atomic mass is 10.0. The summed E-state index contributed by atoms with van der Waals surface area (Å²) in [5.74, 6) is -0.368. The maximum Gasteiger partial charge on any atom is 0.331 e. The summed E-state index contributed by atoms with van der Waals surface area (Å²) in [5.41, 5.74) is 5.78. The Morgan fingerprint density at radius 1 is 1.06 bits per heavy atom. The van der Waals surface area contributed by atoms with Crippen LogP contribution < -0.4 is 5.32 Å². The number of rotatable bonds is 7. The van der Waals surface area contributed by atoms with Crippen LogP contribution in [0.15, 0.2) is 60.2 Å². The second-order valence-corrected chi connectivity index (χ2v) is 9.66. The third kappa shape index (κ3) is 7.69. The van der Waals surface area contributed by atoms with Crippen molar-refractivity contribution in [1.29, 1.82) is 0 Å². The Balaban J connectivity index is 0.000000380. The molecule has 32 heavy (non-hydrogen) atoms. The summed E-state index contributed by atoms with van der Waals surface area (Å²) in [6.45, 7) is 13.0. The molecule has 0 spiro atoms. The summed E-state index contributed by atoms with van der Waals surface area (Å²) in [6, 6.07) is 18.9. The summed E-state index contributed by atoms with van der Waals surface area (Å²) in [6.07, 6.45) is 2.90. The van der Waals surface area contributed by atoms with Gasteiger partial charge in [-0.3, -0.25) is 0 Å². The number of carbonyl (C=O) groups is 1. The van der Waals surface area contributed by atoms with Gasteiger partial charge in [-0.1, -0.05) is 57.2 Å². The van der Waals surface area contributed by atoms with Crippen molar-refractivity contribution >= 4 is 29.1 Å². The number of carboxylic acids is 1. The van der Waals surface area contributed by atoms with Gasteiger partial charge in [0.1, 0.15) is 0 Å². The van der Waals surface area contributed by atoms with Crippen molar-refractivity contribution in [3.8, 4) is 0 Å². The number of aliphatic carboxylic acids is 1. The van der Waals surface area contributed by atoms with Crippen LogP contribution in [-0.4, -0.2) is 11.1 Å². The molecule has 2 N–H and O–H groups in total. The van der Waals surface area contributed by atoms with Gasteiger partial charge in [0, 0.05) is 33.1 Å². The number of benzene rings is 2. The molecular formula is C28H35NO2S. The van der Waals surface area contributed by atoms with E-state index in [9.17, 15) is 4.79 Å². The standard InChI is InChI=1S/C21H25NO2.C7H10S/c1-14(2)18-10-8-17(9-11-18)13-22-20-7-5-6-15(3)19(20)12-16(4)21(23)24;1-3-7-5-4-6(2)8-7/h5-12,14,22H,13H2,1-4H3,(H,23,24);4-5H,3H2,1-2H3/b16-12+;. The Bertz CT molecular complexity index is 1050. The molecule has 4 heteroatoms. The molecule has 1 aromatic heterocycles. The number of thiophene rings is 1. The van der Waals surface area contributed by atoms with Crippen molar-refractivity contribution in [2.75, 3.05) is 5.32 Å². The fourth-order valence-corrected chi connectivity index (χ4v) is 4.03. The first kappa shape index (κ1) is 25.4. The average molecular weight is 450 g/mol. The first-order valence-electron chi connectivity index (χ1n) is 11.1. The number of hydrogen-bond donors (Lipinski definition) is 2. The molecule has 0 bridgehead atoms. The molecule has 170 valence electrons. The highest BCUT2D eigenvalue weighted by Gasteiger charge is 2.07. The zero-order valence-electron chi connectivity index (χ0n) is 20.0. The number of nitrogens with one attached hydrogen (secondary N) is 1. The van der Waals surface area contributed by atoms with Crippen LogP contribution in [0.1, 0.15) is 65.6 Å². The van der Waals surface area contributed by atoms with Gasteiger partial charge in [-0.2, -0.15) is 0 Å². The highest BCUT2D eigenvalue weighted by molar-refractivity contribution is 7.11. The summed E-state index contributed by atoms with van der Waals surface area (Å²) in [7, 11) is 0. The number of carboxylic acid groups (broad SMARTS) is 1. The molecule has 0 aliphatic carbocycles. The van der Waals surface area contributed by atoms with Crippen molar-refractivity contribution in [2.45, 2.75) is 60.4 Å². The van der Waals surface area contributed by atoms with Gasteiger partial charge in [0.05, 0.1) is 0 Å². The van der Waals surface area contributed by atoms with E-state index in [1.54, 1.807) is 13.0 Å². The van der Waals surface area contributed by atoms with Crippen molar-refractivity contribution < 1.29 is 9.90 Å². The van der Waals surface area contributed by atoms with E-state index in [0.717, 1.165) is 16.8 Å². The van der Waals surface area contributed by atoms with Gasteiger partial charge < -0.3 is 10.4 Å². The van der Waals surface area contributed by atoms with E-state index < -0.39 is 5.97 Å². The molecule has 0 aliphatic rings. The quantitative estimate of drug-likeness (QED) is 0.361. The molecule has 2 aromatic carbocycles. The van der Waals surface area contributed by atoms with E-state index in [4.69, 9.17) is 5.11 Å². The summed E-state index contributed by atoms with van der Waals surface area (Å²) < 4.78 is 0. The molecule has 0 radical (unpaired) electrons. The Kier molecular flexibility index (Phi) is 9.73. The highest BCUT2D eigenvalue weighted by atomic mass is 32.1. The fraction of sp³-hybridized carbons (Fsp3) is 0.321. The van der Waals surface area contributed by atoms with Gasteiger partial charge in [0.25, 0.3) is 0 Å². The third-order valence-corrected chi connectivity index (χ3v) is 6.44. The van der Waals surface area contributed by atoms with Crippen LogP contribution in [0.5, 0.6) is 0 Å². The van der Waals surface area contributed by atoms with E-state index in [-0.39, 0.29) is 0 Å². The molecular weight excluding hydrogens is 414 g/mol. The molecule has 1 heterocycles. The van der Waals surface area contributed by atoms with Crippen molar-refractivity contribution in [3.63, 3.8) is 0 Å². The first-order valence-corrected chi connectivity index (χ1v) is 11.9. The summed E-state index contributed by atoms with van der Waals surface area (Å²) in [5, 5.41) is 12.5. The Hall–Kier alpha value is -2.85. The first-order chi connectivity index (χ1) is 15.2. The molecule has 0 atom stereocenters. The molecule has 3 nitrogen and oxygen atoms in total. The zero-order valence-corrected chi connectivity index (χ0v) is 20.8. The molecule has 0 saturated heterocycles. The maximum atomic E-state index is 11.1. The molecule has 3 rings (SSSR count). The van der Waals surface area contributed by atoms with E-state index in [0.29, 0.717) is 18.0 Å². The maximum absolute atomic E-state index is 11.1. The van der Waals surface area contributed by atoms with Crippen LogP contribution in [0.4, 0.5) is 5.69 Å². The number of hydrogen-bond acceptors (Lipinski definition) is 3. The van der Waals surface area contributed by atoms with E-state index >= 15 is 0 Å². The minimum absolute atomic E-state index is 0.327. The number of aryl methyl sites for hydroxylation is 3. The predicted octanol–water partition coefficient (Wildman–Crippen LogP) is 7.84. The number of anilines is 1. The van der Waals surface area contributed by atoms with Gasteiger partial charge in [0.2, 0.25) is 0 Å². The molecule has 0 saturated carbocycles. The van der Waals surface area contributed by atoms with Crippen LogP contribution in [0, 0.1) is 13.8 Å². The van der Waals surface area contributed by atoms with Gasteiger partial charge in [-0.15, -0.1) is 11.3 Å². The molecule has 3 aromatic rings. The Morgan fingerprint density at radius 3 is 2.25 bits per heavy atom. The molecule has 0 fully saturated rings. The molecule has 0 amide bonds. The SMILES string of the molecule is C/C(=C\c1c(C)cccc1NCc1ccc(C(C)C)cc1)C(=O)O.CCc1ccc(C)s1. The topological polar surface area (TPSA) is 49.3 Å². The highest BCUT2D eigenvalue weighted by Crippen LogP contribution is 2.24. The minimum Gasteiger partial charge on any atom is -0.478 e. The largest absolute Gasteiger partial charge is 0.478 e. The summed E-state index contributed by atoms with van der Waals surface area (Å²) >= 11 is 1.89. The lowest BCUT2D eigenvalue weighted by Gasteiger charge is -2.13. The molecule has 0 aliphatic heterocycles.